The smallest absolute Gasteiger partial charge is 0.176 e. The summed E-state index contributed by atoms with van der Waals surface area (Å²) in [5, 5.41) is 1.68. The highest BCUT2D eigenvalue weighted by Gasteiger charge is 2.19. The highest BCUT2D eigenvalue weighted by molar-refractivity contribution is 6.32. The Balaban J connectivity index is 1.83. The standard InChI is InChI=1S/C24H14Cl3N3/c25-18-10-6-16(7-11-18)21-22(17-8-12-19(26)13-9-17)30-14-20(15-4-2-1-3-5-15)28-23(27)24(30)29-21/h1-14H. The molecule has 3 nitrogen and oxygen atoms in total. The fourth-order valence-electron chi connectivity index (χ4n) is 3.45. The maximum atomic E-state index is 6.59. The molecule has 0 amide bonds. The van der Waals surface area contributed by atoms with Gasteiger partial charge in [0.1, 0.15) is 0 Å². The average molecular weight is 451 g/mol. The number of fused-ring (bicyclic) bond motifs is 1. The summed E-state index contributed by atoms with van der Waals surface area (Å²) in [5.74, 6) is 0. The third kappa shape index (κ3) is 3.46. The van der Waals surface area contributed by atoms with Crippen LogP contribution in [-0.4, -0.2) is 14.4 Å². The van der Waals surface area contributed by atoms with Gasteiger partial charge in [-0.1, -0.05) is 89.4 Å². The molecule has 0 bridgehead atoms. The van der Waals surface area contributed by atoms with E-state index in [1.165, 1.54) is 0 Å². The summed E-state index contributed by atoms with van der Waals surface area (Å²) in [6.45, 7) is 0. The van der Waals surface area contributed by atoms with Crippen LogP contribution in [0.5, 0.6) is 0 Å². The van der Waals surface area contributed by atoms with Crippen LogP contribution in [0.25, 0.3) is 39.4 Å². The van der Waals surface area contributed by atoms with Crippen molar-refractivity contribution in [1.82, 2.24) is 14.4 Å². The fourth-order valence-corrected chi connectivity index (χ4v) is 3.93. The second kappa shape index (κ2) is 7.77. The third-order valence-corrected chi connectivity index (χ3v) is 5.63. The van der Waals surface area contributed by atoms with E-state index in [1.54, 1.807) is 0 Å². The Morgan fingerprint density at radius 1 is 0.600 bits per heavy atom. The molecule has 30 heavy (non-hydrogen) atoms. The minimum Gasteiger partial charge on any atom is -0.294 e. The Kier molecular flexibility index (Phi) is 4.95. The SMILES string of the molecule is Clc1ccc(-c2nc3c(Cl)nc(-c4ccccc4)cn3c2-c2ccc(Cl)cc2)cc1. The molecule has 0 aliphatic carbocycles. The van der Waals surface area contributed by atoms with Gasteiger partial charge in [0.2, 0.25) is 0 Å². The topological polar surface area (TPSA) is 30.2 Å². The summed E-state index contributed by atoms with van der Waals surface area (Å²) in [4.78, 5) is 9.42. The molecule has 2 aromatic heterocycles. The molecule has 0 unspecified atom stereocenters. The lowest BCUT2D eigenvalue weighted by Gasteiger charge is -2.08. The summed E-state index contributed by atoms with van der Waals surface area (Å²) >= 11 is 18.8. The molecule has 0 spiro atoms. The highest BCUT2D eigenvalue weighted by Crippen LogP contribution is 2.36. The monoisotopic (exact) mass is 449 g/mol. The van der Waals surface area contributed by atoms with Crippen molar-refractivity contribution in [3.05, 3.63) is 100 Å². The van der Waals surface area contributed by atoms with Crippen LogP contribution in [0.4, 0.5) is 0 Å². The molecule has 6 heteroatoms. The van der Waals surface area contributed by atoms with E-state index in [0.29, 0.717) is 20.8 Å². The van der Waals surface area contributed by atoms with Gasteiger partial charge in [-0.3, -0.25) is 4.40 Å². The van der Waals surface area contributed by atoms with Gasteiger partial charge < -0.3 is 0 Å². The quantitative estimate of drug-likeness (QED) is 0.282. The molecular formula is C24H14Cl3N3. The van der Waals surface area contributed by atoms with Crippen LogP contribution in [-0.2, 0) is 0 Å². The number of aromatic nitrogens is 3. The second-order valence-electron chi connectivity index (χ2n) is 6.80. The van der Waals surface area contributed by atoms with Crippen molar-refractivity contribution in [2.24, 2.45) is 0 Å². The molecule has 0 N–H and O–H groups in total. The lowest BCUT2D eigenvalue weighted by molar-refractivity contribution is 1.13. The van der Waals surface area contributed by atoms with E-state index in [-0.39, 0.29) is 0 Å². The zero-order chi connectivity index (χ0) is 20.7. The molecule has 0 atom stereocenters. The van der Waals surface area contributed by atoms with Gasteiger partial charge in [0.05, 0.1) is 17.1 Å². The summed E-state index contributed by atoms with van der Waals surface area (Å²) in [5.41, 5.74) is 5.94. The lowest BCUT2D eigenvalue weighted by Crippen LogP contribution is -1.95. The van der Waals surface area contributed by atoms with Gasteiger partial charge in [0, 0.05) is 32.9 Å². The number of hydrogen-bond acceptors (Lipinski definition) is 2. The van der Waals surface area contributed by atoms with Crippen molar-refractivity contribution >= 4 is 40.4 Å². The summed E-state index contributed by atoms with van der Waals surface area (Å²) in [6.07, 6.45) is 1.97. The molecule has 5 rings (SSSR count). The van der Waals surface area contributed by atoms with E-state index in [4.69, 9.17) is 39.8 Å². The van der Waals surface area contributed by atoms with Gasteiger partial charge in [0.25, 0.3) is 0 Å². The van der Waals surface area contributed by atoms with Crippen molar-refractivity contribution in [3.63, 3.8) is 0 Å². The van der Waals surface area contributed by atoms with Crippen molar-refractivity contribution in [1.29, 1.82) is 0 Å². The van der Waals surface area contributed by atoms with E-state index in [1.807, 2.05) is 89.5 Å². The van der Waals surface area contributed by atoms with Crippen LogP contribution in [0.3, 0.4) is 0 Å². The number of halogens is 3. The number of rotatable bonds is 3. The highest BCUT2D eigenvalue weighted by atomic mass is 35.5. The van der Waals surface area contributed by atoms with E-state index in [9.17, 15) is 0 Å². The Bertz CT molecular complexity index is 1340. The van der Waals surface area contributed by atoms with Crippen LogP contribution < -0.4 is 0 Å². The molecule has 2 heterocycles. The van der Waals surface area contributed by atoms with Crippen molar-refractivity contribution in [2.45, 2.75) is 0 Å². The van der Waals surface area contributed by atoms with Crippen LogP contribution in [0, 0.1) is 0 Å². The predicted octanol–water partition coefficient (Wildman–Crippen LogP) is 7.69. The number of benzene rings is 3. The maximum Gasteiger partial charge on any atom is 0.176 e. The number of hydrogen-bond donors (Lipinski definition) is 0. The molecule has 3 aromatic carbocycles. The molecule has 5 aromatic rings. The number of nitrogens with zero attached hydrogens (tertiary/aromatic N) is 3. The van der Waals surface area contributed by atoms with E-state index in [2.05, 4.69) is 4.98 Å². The van der Waals surface area contributed by atoms with E-state index >= 15 is 0 Å². The molecule has 0 fully saturated rings. The van der Waals surface area contributed by atoms with Gasteiger partial charge in [-0.05, 0) is 24.3 Å². The molecule has 0 saturated carbocycles. The molecular weight excluding hydrogens is 437 g/mol. The Labute approximate surface area is 188 Å². The molecule has 0 aliphatic heterocycles. The summed E-state index contributed by atoms with van der Waals surface area (Å²) < 4.78 is 1.99. The van der Waals surface area contributed by atoms with Crippen molar-refractivity contribution < 1.29 is 0 Å². The maximum absolute atomic E-state index is 6.59. The van der Waals surface area contributed by atoms with Crippen molar-refractivity contribution in [2.75, 3.05) is 0 Å². The van der Waals surface area contributed by atoms with Gasteiger partial charge in [-0.15, -0.1) is 0 Å². The zero-order valence-electron chi connectivity index (χ0n) is 15.6. The summed E-state index contributed by atoms with van der Waals surface area (Å²) in [7, 11) is 0. The summed E-state index contributed by atoms with van der Waals surface area (Å²) in [6, 6.07) is 25.2. The minimum absolute atomic E-state index is 0.340. The van der Waals surface area contributed by atoms with Crippen LogP contribution in [0.1, 0.15) is 0 Å². The van der Waals surface area contributed by atoms with Crippen LogP contribution in [0.2, 0.25) is 15.2 Å². The molecule has 146 valence electrons. The first-order chi connectivity index (χ1) is 14.6. The average Bonchev–Trinajstić information content (AvgIpc) is 3.15. The number of imidazole rings is 1. The largest absolute Gasteiger partial charge is 0.294 e. The van der Waals surface area contributed by atoms with E-state index in [0.717, 1.165) is 33.8 Å². The first-order valence-corrected chi connectivity index (χ1v) is 10.4. The normalized spacial score (nSPS) is 11.2. The Morgan fingerprint density at radius 3 is 1.83 bits per heavy atom. The van der Waals surface area contributed by atoms with Gasteiger partial charge in [-0.2, -0.15) is 0 Å². The molecule has 0 saturated heterocycles. The van der Waals surface area contributed by atoms with Gasteiger partial charge >= 0.3 is 0 Å². The third-order valence-electron chi connectivity index (χ3n) is 4.87. The van der Waals surface area contributed by atoms with Gasteiger partial charge in [-0.25, -0.2) is 9.97 Å². The first-order valence-electron chi connectivity index (χ1n) is 9.26. The van der Waals surface area contributed by atoms with Gasteiger partial charge in [0.15, 0.2) is 10.8 Å². The Hall–Kier alpha value is -2.85. The van der Waals surface area contributed by atoms with Crippen molar-refractivity contribution in [3.8, 4) is 33.8 Å². The van der Waals surface area contributed by atoms with Crippen LogP contribution in [0.15, 0.2) is 85.1 Å². The Morgan fingerprint density at radius 2 is 1.20 bits per heavy atom. The zero-order valence-corrected chi connectivity index (χ0v) is 17.8. The molecule has 0 radical (unpaired) electrons. The fraction of sp³-hybridized carbons (Fsp3) is 0. The second-order valence-corrected chi connectivity index (χ2v) is 8.03. The van der Waals surface area contributed by atoms with E-state index < -0.39 is 0 Å². The predicted molar refractivity (Wildman–Crippen MR) is 124 cm³/mol. The minimum atomic E-state index is 0.340. The first kappa shape index (κ1) is 19.1. The molecule has 0 aliphatic rings. The lowest BCUT2D eigenvalue weighted by atomic mass is 10.0. The van der Waals surface area contributed by atoms with Crippen LogP contribution >= 0.6 is 34.8 Å².